The highest BCUT2D eigenvalue weighted by Crippen LogP contribution is 2.38. The van der Waals surface area contributed by atoms with E-state index in [2.05, 4.69) is 40.2 Å². The van der Waals surface area contributed by atoms with Crippen LogP contribution in [0, 0.1) is 5.92 Å². The van der Waals surface area contributed by atoms with Crippen molar-refractivity contribution in [3.05, 3.63) is 94.8 Å². The Morgan fingerprint density at radius 3 is 2.08 bits per heavy atom. The summed E-state index contributed by atoms with van der Waals surface area (Å²) in [6.07, 6.45) is 8.70. The number of fused-ring (bicyclic) bond motifs is 1. The van der Waals surface area contributed by atoms with Crippen LogP contribution < -0.4 is 0 Å². The molecule has 1 heterocycles. The molecule has 124 valence electrons. The summed E-state index contributed by atoms with van der Waals surface area (Å²) in [5.41, 5.74) is 4.33. The largest absolute Gasteiger partial charge is 0.208 e. The first-order valence-corrected chi connectivity index (χ1v) is 9.25. The van der Waals surface area contributed by atoms with Crippen molar-refractivity contribution in [1.29, 1.82) is 0 Å². The van der Waals surface area contributed by atoms with E-state index in [0.29, 0.717) is 23.4 Å². The Kier molecular flexibility index (Phi) is 3.64. The van der Waals surface area contributed by atoms with Crippen LogP contribution in [-0.4, -0.2) is 15.0 Å². The maximum atomic E-state index is 4.75. The summed E-state index contributed by atoms with van der Waals surface area (Å²) < 4.78 is 1.03. The average molecular weight is 400 g/mol. The minimum Gasteiger partial charge on any atom is -0.208 e. The van der Waals surface area contributed by atoms with Crippen LogP contribution in [-0.2, 0) is 0 Å². The number of halogens is 1. The van der Waals surface area contributed by atoms with E-state index in [9.17, 15) is 0 Å². The van der Waals surface area contributed by atoms with Crippen molar-refractivity contribution in [2.24, 2.45) is 5.92 Å². The number of nitrogens with zero attached hydrogens (tertiary/aromatic N) is 3. The number of aromatic nitrogens is 3. The smallest absolute Gasteiger partial charge is 0.164 e. The van der Waals surface area contributed by atoms with Crippen LogP contribution in [0.15, 0.2) is 88.9 Å². The molecule has 4 heteroatoms. The molecule has 0 N–H and O–H groups in total. The maximum absolute atomic E-state index is 4.75. The number of hydrogen-bond donors (Lipinski definition) is 0. The molecule has 3 nitrogen and oxygen atoms in total. The van der Waals surface area contributed by atoms with Crippen LogP contribution >= 0.6 is 15.9 Å². The van der Waals surface area contributed by atoms with Gasteiger partial charge in [-0.2, -0.15) is 0 Å². The lowest BCUT2D eigenvalue weighted by atomic mass is 10.1. The molecule has 5 rings (SSSR count). The van der Waals surface area contributed by atoms with Crippen LogP contribution in [0.3, 0.4) is 0 Å². The third-order valence-electron chi connectivity index (χ3n) is 4.48. The van der Waals surface area contributed by atoms with Gasteiger partial charge in [0.15, 0.2) is 17.5 Å². The monoisotopic (exact) mass is 399 g/mol. The number of benzene rings is 2. The van der Waals surface area contributed by atoms with E-state index in [1.807, 2.05) is 54.6 Å². The van der Waals surface area contributed by atoms with E-state index in [0.717, 1.165) is 21.2 Å². The lowest BCUT2D eigenvalue weighted by Gasteiger charge is -2.10. The van der Waals surface area contributed by atoms with Crippen molar-refractivity contribution in [3.63, 3.8) is 0 Å². The molecule has 0 unspecified atom stereocenters. The molecule has 2 aliphatic carbocycles. The van der Waals surface area contributed by atoms with Gasteiger partial charge in [-0.3, -0.25) is 0 Å². The minimum atomic E-state index is 0.514. The van der Waals surface area contributed by atoms with Gasteiger partial charge in [0.2, 0.25) is 0 Å². The molecule has 0 fully saturated rings. The highest BCUT2D eigenvalue weighted by atomic mass is 79.9. The zero-order valence-electron chi connectivity index (χ0n) is 13.8. The fourth-order valence-corrected chi connectivity index (χ4v) is 3.26. The molecule has 0 amide bonds. The Balaban J connectivity index is 1.67. The summed E-state index contributed by atoms with van der Waals surface area (Å²) in [5.74, 6) is 2.59. The van der Waals surface area contributed by atoms with Crippen molar-refractivity contribution >= 4 is 21.5 Å². The van der Waals surface area contributed by atoms with Crippen molar-refractivity contribution < 1.29 is 0 Å². The van der Waals surface area contributed by atoms with Crippen LogP contribution in [0.2, 0.25) is 0 Å². The first-order chi connectivity index (χ1) is 12.8. The van der Waals surface area contributed by atoms with E-state index in [1.165, 1.54) is 5.57 Å². The third-order valence-corrected chi connectivity index (χ3v) is 5.01. The van der Waals surface area contributed by atoms with Gasteiger partial charge in [0.25, 0.3) is 0 Å². The normalized spacial score (nSPS) is 17.3. The lowest BCUT2D eigenvalue weighted by molar-refractivity contribution is 1.03. The quantitative estimate of drug-likeness (QED) is 0.585. The van der Waals surface area contributed by atoms with E-state index in [-0.39, 0.29) is 0 Å². The molecule has 0 spiro atoms. The summed E-state index contributed by atoms with van der Waals surface area (Å²) in [6.45, 7) is 0. The molecule has 0 saturated heterocycles. The standard InChI is InChI=1S/C22H14BrN3/c23-19-10-8-15(9-11-19)21-24-20(14-4-2-1-3-5-14)25-22(26-21)17-7-6-16-12-18(16)13-17/h1-13,16H/t16-/m0/s1. The molecule has 0 aliphatic heterocycles. The molecule has 0 bridgehead atoms. The number of allylic oxidation sites excluding steroid dienone is 6. The molecule has 1 atom stereocenters. The van der Waals surface area contributed by atoms with E-state index in [1.54, 1.807) is 0 Å². The SMILES string of the molecule is Brc1ccc(-c2nc(C3=CC4=C[C@@H]4C=C3)nc(-c3ccccc3)n2)cc1. The van der Waals surface area contributed by atoms with Crippen LogP contribution in [0.4, 0.5) is 0 Å². The Hall–Kier alpha value is -2.85. The Bertz CT molecular complexity index is 1080. The minimum absolute atomic E-state index is 0.514. The molecule has 2 aliphatic rings. The zero-order chi connectivity index (χ0) is 17.5. The number of hydrogen-bond acceptors (Lipinski definition) is 3. The molecule has 2 aromatic carbocycles. The van der Waals surface area contributed by atoms with Gasteiger partial charge in [0, 0.05) is 27.1 Å². The molecule has 26 heavy (non-hydrogen) atoms. The molecular weight excluding hydrogens is 386 g/mol. The fraction of sp³-hybridized carbons (Fsp3) is 0.0455. The molecule has 1 aromatic heterocycles. The highest BCUT2D eigenvalue weighted by molar-refractivity contribution is 9.10. The van der Waals surface area contributed by atoms with Gasteiger partial charge in [-0.1, -0.05) is 76.6 Å². The lowest BCUT2D eigenvalue weighted by Crippen LogP contribution is -2.03. The fourth-order valence-electron chi connectivity index (χ4n) is 2.99. The Morgan fingerprint density at radius 1 is 0.731 bits per heavy atom. The summed E-state index contributed by atoms with van der Waals surface area (Å²) in [4.78, 5) is 14.2. The summed E-state index contributed by atoms with van der Waals surface area (Å²) in [6, 6.07) is 18.1. The van der Waals surface area contributed by atoms with Crippen molar-refractivity contribution in [2.45, 2.75) is 0 Å². The Morgan fingerprint density at radius 2 is 1.38 bits per heavy atom. The Labute approximate surface area is 160 Å². The van der Waals surface area contributed by atoms with Crippen LogP contribution in [0.25, 0.3) is 28.3 Å². The predicted molar refractivity (Wildman–Crippen MR) is 107 cm³/mol. The van der Waals surface area contributed by atoms with Gasteiger partial charge < -0.3 is 0 Å². The molecule has 3 aromatic rings. The van der Waals surface area contributed by atoms with Crippen molar-refractivity contribution in [3.8, 4) is 22.8 Å². The summed E-state index contributed by atoms with van der Waals surface area (Å²) in [5, 5.41) is 0. The van der Waals surface area contributed by atoms with Gasteiger partial charge in [-0.25, -0.2) is 15.0 Å². The van der Waals surface area contributed by atoms with Gasteiger partial charge in [0.05, 0.1) is 0 Å². The number of rotatable bonds is 3. The van der Waals surface area contributed by atoms with Gasteiger partial charge in [0.1, 0.15) is 0 Å². The summed E-state index contributed by atoms with van der Waals surface area (Å²) >= 11 is 3.48. The first-order valence-electron chi connectivity index (χ1n) is 8.46. The summed E-state index contributed by atoms with van der Waals surface area (Å²) in [7, 11) is 0. The molecular formula is C22H14BrN3. The second-order valence-electron chi connectivity index (χ2n) is 6.33. The predicted octanol–water partition coefficient (Wildman–Crippen LogP) is 5.48. The zero-order valence-corrected chi connectivity index (χ0v) is 15.4. The van der Waals surface area contributed by atoms with E-state index < -0.39 is 0 Å². The van der Waals surface area contributed by atoms with E-state index >= 15 is 0 Å². The first kappa shape index (κ1) is 15.4. The average Bonchev–Trinajstić information content (AvgIpc) is 3.48. The van der Waals surface area contributed by atoms with Crippen LogP contribution in [0.5, 0.6) is 0 Å². The topological polar surface area (TPSA) is 38.7 Å². The molecule has 0 saturated carbocycles. The van der Waals surface area contributed by atoms with Gasteiger partial charge in [-0.05, 0) is 23.8 Å². The second-order valence-corrected chi connectivity index (χ2v) is 7.25. The van der Waals surface area contributed by atoms with Crippen molar-refractivity contribution in [2.75, 3.05) is 0 Å². The maximum Gasteiger partial charge on any atom is 0.164 e. The van der Waals surface area contributed by atoms with Gasteiger partial charge in [-0.15, -0.1) is 0 Å². The molecule has 0 radical (unpaired) electrons. The van der Waals surface area contributed by atoms with E-state index in [4.69, 9.17) is 15.0 Å². The van der Waals surface area contributed by atoms with Crippen LogP contribution in [0.1, 0.15) is 5.82 Å². The third kappa shape index (κ3) is 2.93. The van der Waals surface area contributed by atoms with Crippen molar-refractivity contribution in [1.82, 2.24) is 15.0 Å². The highest BCUT2D eigenvalue weighted by Gasteiger charge is 2.24. The van der Waals surface area contributed by atoms with Gasteiger partial charge >= 0.3 is 0 Å². The second kappa shape index (κ2) is 6.15.